The lowest BCUT2D eigenvalue weighted by atomic mass is 10.0. The van der Waals surface area contributed by atoms with E-state index in [1.165, 1.54) is 12.1 Å². The predicted octanol–water partition coefficient (Wildman–Crippen LogP) is 4.15. The molecule has 4 rings (SSSR count). The molecule has 2 amide bonds. The molecule has 1 aliphatic heterocycles. The maximum absolute atomic E-state index is 14.5. The van der Waals surface area contributed by atoms with Gasteiger partial charge in [0.15, 0.2) is 0 Å². The van der Waals surface area contributed by atoms with E-state index in [1.807, 2.05) is 13.1 Å². The van der Waals surface area contributed by atoms with Crippen LogP contribution in [0.1, 0.15) is 47.4 Å². The summed E-state index contributed by atoms with van der Waals surface area (Å²) < 4.78 is 21.2. The lowest BCUT2D eigenvalue weighted by Crippen LogP contribution is -2.65. The molecule has 2 aliphatic rings. The van der Waals surface area contributed by atoms with Gasteiger partial charge in [-0.25, -0.2) is 9.18 Å². The molecule has 0 aromatic heterocycles. The van der Waals surface area contributed by atoms with Gasteiger partial charge in [0.05, 0.1) is 31.6 Å². The number of hydrogen-bond donors (Lipinski definition) is 1. The number of likely N-dealkylation sites (N-methyl/N-ethyl adjacent to an activating group) is 1. The number of aryl methyl sites for hydroxylation is 1. The van der Waals surface area contributed by atoms with Crippen LogP contribution in [0.2, 0.25) is 0 Å². The Kier molecular flexibility index (Phi) is 8.00. The average Bonchev–Trinajstić information content (AvgIpc) is 3.71. The lowest BCUT2D eigenvalue weighted by Gasteiger charge is -2.45. The smallest absolute Gasteiger partial charge is 0.338 e. The van der Waals surface area contributed by atoms with Crippen LogP contribution in [0, 0.1) is 29.5 Å². The molecule has 2 fully saturated rings. The van der Waals surface area contributed by atoms with E-state index in [1.54, 1.807) is 37.3 Å². The number of carbonyl (C=O) groups excluding carboxylic acids is 2. The van der Waals surface area contributed by atoms with E-state index < -0.39 is 11.5 Å². The van der Waals surface area contributed by atoms with Gasteiger partial charge in [-0.2, -0.15) is 5.26 Å². The first-order chi connectivity index (χ1) is 18.1. The number of ether oxygens (including phenoxy) is 1. The van der Waals surface area contributed by atoms with E-state index in [0.29, 0.717) is 54.1 Å². The molecule has 0 bridgehead atoms. The predicted molar refractivity (Wildman–Crippen MR) is 143 cm³/mol. The second kappa shape index (κ2) is 11.1. The van der Waals surface area contributed by atoms with Crippen LogP contribution in [0.15, 0.2) is 55.1 Å². The zero-order chi connectivity index (χ0) is 27.5. The summed E-state index contributed by atoms with van der Waals surface area (Å²) in [6.07, 6.45) is 2.57. The fraction of sp³-hybridized carbons (Fsp3) is 0.433. The number of carbonyl (C=O) groups is 2. The largest absolute Gasteiger partial charge is 0.484 e. The molecule has 1 saturated carbocycles. The summed E-state index contributed by atoms with van der Waals surface area (Å²) in [5.41, 5.74) is 1.36. The van der Waals surface area contributed by atoms with Crippen LogP contribution in [-0.4, -0.2) is 67.0 Å². The van der Waals surface area contributed by atoms with E-state index in [9.17, 15) is 19.2 Å². The van der Waals surface area contributed by atoms with Crippen LogP contribution in [0.3, 0.4) is 0 Å². The molecule has 200 valence electrons. The normalized spacial score (nSPS) is 23.1. The number of nitriles is 1. The molecule has 1 saturated heterocycles. The van der Waals surface area contributed by atoms with Gasteiger partial charge in [-0.05, 0) is 68.1 Å². The van der Waals surface area contributed by atoms with Gasteiger partial charge in [0.25, 0.3) is 5.91 Å². The average molecular weight is 520 g/mol. The Balaban J connectivity index is 1.47. The Bertz CT molecular complexity index is 1250. The minimum absolute atomic E-state index is 0.00889. The Morgan fingerprint density at radius 3 is 2.61 bits per heavy atom. The Hall–Kier alpha value is -3.54. The van der Waals surface area contributed by atoms with E-state index in [2.05, 4.69) is 29.8 Å². The van der Waals surface area contributed by atoms with Crippen LogP contribution in [0.4, 0.5) is 4.39 Å². The van der Waals surface area contributed by atoms with Crippen LogP contribution in [0.25, 0.3) is 0 Å². The second-order valence-electron chi connectivity index (χ2n) is 10.9. The molecule has 3 atom stereocenters. The van der Waals surface area contributed by atoms with Crippen molar-refractivity contribution in [3.05, 3.63) is 77.6 Å². The van der Waals surface area contributed by atoms with Gasteiger partial charge in [-0.3, -0.25) is 14.2 Å². The molecule has 1 aliphatic carbocycles. The van der Waals surface area contributed by atoms with Crippen molar-refractivity contribution in [3.8, 4) is 11.8 Å². The van der Waals surface area contributed by atoms with Crippen molar-refractivity contribution in [1.82, 2.24) is 10.2 Å². The summed E-state index contributed by atoms with van der Waals surface area (Å²) in [4.78, 5) is 27.2. The molecule has 1 unspecified atom stereocenters. The quantitative estimate of drug-likeness (QED) is 0.398. The molecule has 0 radical (unpaired) electrons. The fourth-order valence-corrected chi connectivity index (χ4v) is 4.85. The van der Waals surface area contributed by atoms with Crippen LogP contribution >= 0.6 is 0 Å². The lowest BCUT2D eigenvalue weighted by molar-refractivity contribution is -0.861. The fourth-order valence-electron chi connectivity index (χ4n) is 4.85. The summed E-state index contributed by atoms with van der Waals surface area (Å²) in [5, 5.41) is 12.1. The maximum atomic E-state index is 14.5. The van der Waals surface area contributed by atoms with Crippen LogP contribution in [0.5, 0.6) is 5.75 Å². The highest BCUT2D eigenvalue weighted by molar-refractivity contribution is 5.94. The third kappa shape index (κ3) is 5.95. The number of benzene rings is 2. The van der Waals surface area contributed by atoms with Crippen molar-refractivity contribution in [1.29, 1.82) is 5.26 Å². The minimum atomic E-state index is -0.450. The van der Waals surface area contributed by atoms with Crippen molar-refractivity contribution in [2.75, 3.05) is 39.8 Å². The van der Waals surface area contributed by atoms with Crippen LogP contribution < -0.4 is 10.1 Å². The number of rotatable bonds is 9. The highest BCUT2D eigenvalue weighted by atomic mass is 19.1. The molecular weight excluding hydrogens is 483 g/mol. The minimum Gasteiger partial charge on any atom is -0.484 e. The number of quaternary nitrogens is 1. The van der Waals surface area contributed by atoms with E-state index in [4.69, 9.17) is 4.74 Å². The number of hydrogen-bond acceptors (Lipinski definition) is 5. The summed E-state index contributed by atoms with van der Waals surface area (Å²) in [7, 11) is 1.94. The number of amides is 2. The Morgan fingerprint density at radius 2 is 2.03 bits per heavy atom. The summed E-state index contributed by atoms with van der Waals surface area (Å²) in [6, 6.07) is 14.3. The van der Waals surface area contributed by atoms with E-state index >= 15 is 0 Å². The van der Waals surface area contributed by atoms with Gasteiger partial charge in [-0.15, -0.1) is 0 Å². The van der Waals surface area contributed by atoms with Crippen molar-refractivity contribution in [2.45, 2.75) is 38.8 Å². The maximum Gasteiger partial charge on any atom is 0.338 e. The number of nitrogens with zero attached hydrogens (tertiary/aromatic N) is 3. The second-order valence-corrected chi connectivity index (χ2v) is 10.9. The topological polar surface area (TPSA) is 82.4 Å². The molecule has 1 heterocycles. The zero-order valence-corrected chi connectivity index (χ0v) is 22.4. The zero-order valence-electron chi connectivity index (χ0n) is 22.4. The number of nitrogens with one attached hydrogen (secondary N) is 1. The van der Waals surface area contributed by atoms with Crippen molar-refractivity contribution >= 4 is 11.8 Å². The van der Waals surface area contributed by atoms with Gasteiger partial charge in [0, 0.05) is 31.3 Å². The van der Waals surface area contributed by atoms with Crippen molar-refractivity contribution in [3.63, 3.8) is 0 Å². The molecule has 8 heteroatoms. The highest BCUT2D eigenvalue weighted by Gasteiger charge is 2.43. The van der Waals surface area contributed by atoms with Gasteiger partial charge in [0.2, 0.25) is 0 Å². The summed E-state index contributed by atoms with van der Waals surface area (Å²) >= 11 is 0. The molecule has 2 aromatic rings. The van der Waals surface area contributed by atoms with Gasteiger partial charge in [-0.1, -0.05) is 18.7 Å². The molecular formula is C30H36FN4O3+. The standard InChI is InChI=1S/C30H35FN4O3/c1-5-28(36)35(4)15-14-34(17-22(35)3)18-27(24-7-6-21(2)26(31)16-24)38-25-10-8-23(9-11-25)29(37)33-20-30(19-32)12-13-30/h5-11,16,22,27H,1,12-15,17-18,20H2,2-4H3/p+1/t22-,27+,35?/m1/s1. The number of halogens is 1. The van der Waals surface area contributed by atoms with Crippen molar-refractivity contribution < 1.29 is 23.2 Å². The molecule has 0 spiro atoms. The first-order valence-corrected chi connectivity index (χ1v) is 13.1. The molecule has 7 nitrogen and oxygen atoms in total. The molecule has 1 N–H and O–H groups in total. The summed E-state index contributed by atoms with van der Waals surface area (Å²) in [5.74, 6) is 0.0554. The third-order valence-corrected chi connectivity index (χ3v) is 8.12. The molecule has 38 heavy (non-hydrogen) atoms. The van der Waals surface area contributed by atoms with Crippen molar-refractivity contribution in [2.24, 2.45) is 5.41 Å². The Morgan fingerprint density at radius 1 is 1.32 bits per heavy atom. The van der Waals surface area contributed by atoms with E-state index in [0.717, 1.165) is 18.4 Å². The monoisotopic (exact) mass is 519 g/mol. The summed E-state index contributed by atoms with van der Waals surface area (Å²) in [6.45, 7) is 10.3. The SMILES string of the molecule is C=CC(=O)[N+]1(C)CCN(C[C@H](Oc2ccc(C(=O)NCC3(C#N)CC3)cc2)c2ccc(C)c(F)c2)C[C@H]1C. The number of piperazine rings is 1. The Labute approximate surface area is 224 Å². The van der Waals surface area contributed by atoms with Crippen LogP contribution in [-0.2, 0) is 4.79 Å². The molecule has 2 aromatic carbocycles. The first-order valence-electron chi connectivity index (χ1n) is 13.1. The van der Waals surface area contributed by atoms with Gasteiger partial charge < -0.3 is 10.1 Å². The first kappa shape index (κ1) is 27.5. The third-order valence-electron chi connectivity index (χ3n) is 8.12. The van der Waals surface area contributed by atoms with Gasteiger partial charge >= 0.3 is 5.91 Å². The van der Waals surface area contributed by atoms with Gasteiger partial charge in [0.1, 0.15) is 23.7 Å². The highest BCUT2D eigenvalue weighted by Crippen LogP contribution is 2.44. The van der Waals surface area contributed by atoms with E-state index in [-0.39, 0.29) is 23.7 Å².